The van der Waals surface area contributed by atoms with Gasteiger partial charge in [-0.15, -0.1) is 11.3 Å². The molecule has 1 unspecified atom stereocenters. The van der Waals surface area contributed by atoms with E-state index in [1.54, 1.807) is 13.0 Å². The lowest BCUT2D eigenvalue weighted by Crippen LogP contribution is -2.38. The Balaban J connectivity index is 1.66. The van der Waals surface area contributed by atoms with Crippen LogP contribution in [0.25, 0.3) is 11.3 Å². The van der Waals surface area contributed by atoms with Crippen LogP contribution in [0.5, 0.6) is 0 Å². The summed E-state index contributed by atoms with van der Waals surface area (Å²) < 4.78 is 5.20. The quantitative estimate of drug-likeness (QED) is 0.755. The molecule has 0 spiro atoms. The van der Waals surface area contributed by atoms with Gasteiger partial charge in [-0.25, -0.2) is 0 Å². The molecule has 2 heterocycles. The maximum Gasteiger partial charge on any atom is 0.273 e. The van der Waals surface area contributed by atoms with E-state index in [1.165, 1.54) is 11.3 Å². The van der Waals surface area contributed by atoms with Crippen molar-refractivity contribution in [3.05, 3.63) is 64.5 Å². The fourth-order valence-electron chi connectivity index (χ4n) is 2.14. The van der Waals surface area contributed by atoms with Gasteiger partial charge in [0.25, 0.3) is 5.91 Å². The second kappa shape index (κ2) is 6.36. The molecule has 118 valence electrons. The molecule has 0 aliphatic carbocycles. The van der Waals surface area contributed by atoms with E-state index in [-0.39, 0.29) is 18.1 Å². The fraction of sp³-hybridized carbons (Fsp3) is 0.176. The minimum absolute atomic E-state index is 0.0971. The van der Waals surface area contributed by atoms with Crippen LogP contribution in [-0.2, 0) is 5.60 Å². The molecule has 0 bridgehead atoms. The van der Waals surface area contributed by atoms with Gasteiger partial charge in [-0.3, -0.25) is 4.79 Å². The largest absolute Gasteiger partial charge is 0.383 e. The average molecular weight is 328 g/mol. The average Bonchev–Trinajstić information content (AvgIpc) is 3.25. The number of hydrogen-bond donors (Lipinski definition) is 2. The number of carbonyl (C=O) groups is 1. The van der Waals surface area contributed by atoms with Crippen molar-refractivity contribution in [1.82, 2.24) is 10.5 Å². The normalized spacial score (nSPS) is 13.5. The summed E-state index contributed by atoms with van der Waals surface area (Å²) in [5.41, 5.74) is -0.0778. The molecule has 0 fully saturated rings. The van der Waals surface area contributed by atoms with E-state index in [4.69, 9.17) is 4.52 Å². The number of aliphatic hydroxyl groups is 1. The van der Waals surface area contributed by atoms with Gasteiger partial charge in [0, 0.05) is 16.5 Å². The van der Waals surface area contributed by atoms with E-state index in [1.807, 2.05) is 47.8 Å². The number of carbonyl (C=O) groups excluding carboxylic acids is 1. The van der Waals surface area contributed by atoms with Gasteiger partial charge in [0.15, 0.2) is 11.5 Å². The molecule has 0 aliphatic heterocycles. The highest BCUT2D eigenvalue weighted by atomic mass is 32.1. The maximum absolute atomic E-state index is 12.2. The minimum Gasteiger partial charge on any atom is -0.383 e. The van der Waals surface area contributed by atoms with Crippen molar-refractivity contribution in [3.8, 4) is 11.3 Å². The highest BCUT2D eigenvalue weighted by Crippen LogP contribution is 2.24. The Bertz CT molecular complexity index is 779. The van der Waals surface area contributed by atoms with Gasteiger partial charge in [0.2, 0.25) is 0 Å². The van der Waals surface area contributed by atoms with Crippen LogP contribution < -0.4 is 5.32 Å². The highest BCUT2D eigenvalue weighted by Gasteiger charge is 2.25. The van der Waals surface area contributed by atoms with E-state index < -0.39 is 5.60 Å². The number of amides is 1. The molecule has 0 saturated heterocycles. The lowest BCUT2D eigenvalue weighted by molar-refractivity contribution is 0.0554. The Morgan fingerprint density at radius 3 is 2.78 bits per heavy atom. The predicted octanol–water partition coefficient (Wildman–Crippen LogP) is 3.04. The second-order valence-electron chi connectivity index (χ2n) is 5.38. The number of nitrogens with one attached hydrogen (secondary N) is 1. The predicted molar refractivity (Wildman–Crippen MR) is 88.2 cm³/mol. The summed E-state index contributed by atoms with van der Waals surface area (Å²) in [7, 11) is 0. The Kier molecular flexibility index (Phi) is 4.27. The van der Waals surface area contributed by atoms with Crippen LogP contribution in [-0.4, -0.2) is 22.7 Å². The summed E-state index contributed by atoms with van der Waals surface area (Å²) in [6.07, 6.45) is 0. The van der Waals surface area contributed by atoms with Gasteiger partial charge in [0.05, 0.1) is 6.54 Å². The molecule has 23 heavy (non-hydrogen) atoms. The van der Waals surface area contributed by atoms with Gasteiger partial charge >= 0.3 is 0 Å². The van der Waals surface area contributed by atoms with Crippen molar-refractivity contribution in [2.75, 3.05) is 6.54 Å². The Hall–Kier alpha value is -2.44. The summed E-state index contributed by atoms with van der Waals surface area (Å²) >= 11 is 1.44. The number of nitrogens with zero attached hydrogens (tertiary/aromatic N) is 1. The molecule has 1 atom stereocenters. The molecular formula is C17H16N2O3S. The zero-order valence-corrected chi connectivity index (χ0v) is 13.3. The van der Waals surface area contributed by atoms with Crippen molar-refractivity contribution in [2.24, 2.45) is 0 Å². The first-order valence-electron chi connectivity index (χ1n) is 7.13. The van der Waals surface area contributed by atoms with E-state index in [9.17, 15) is 9.90 Å². The zero-order chi connectivity index (χ0) is 16.3. The van der Waals surface area contributed by atoms with E-state index in [0.717, 1.165) is 10.4 Å². The third-order valence-corrected chi connectivity index (χ3v) is 4.57. The van der Waals surface area contributed by atoms with Crippen LogP contribution in [0.2, 0.25) is 0 Å². The van der Waals surface area contributed by atoms with Gasteiger partial charge < -0.3 is 14.9 Å². The van der Waals surface area contributed by atoms with Crippen molar-refractivity contribution < 1.29 is 14.4 Å². The zero-order valence-electron chi connectivity index (χ0n) is 12.5. The SMILES string of the molecule is CC(O)(CNC(=O)c1cc(-c2ccccc2)on1)c1cccs1. The molecule has 0 aliphatic rings. The third kappa shape index (κ3) is 3.49. The first-order chi connectivity index (χ1) is 11.1. The third-order valence-electron chi connectivity index (χ3n) is 3.45. The molecule has 1 amide bonds. The maximum atomic E-state index is 12.2. The van der Waals surface area contributed by atoms with Gasteiger partial charge in [0.1, 0.15) is 5.60 Å². The summed E-state index contributed by atoms with van der Waals surface area (Å²) in [5, 5.41) is 18.8. The molecular weight excluding hydrogens is 312 g/mol. The lowest BCUT2D eigenvalue weighted by atomic mass is 10.1. The molecule has 0 radical (unpaired) electrons. The minimum atomic E-state index is -1.12. The number of aromatic nitrogens is 1. The van der Waals surface area contributed by atoms with E-state index >= 15 is 0 Å². The molecule has 0 saturated carbocycles. The summed E-state index contributed by atoms with van der Waals surface area (Å²) in [4.78, 5) is 13.0. The van der Waals surface area contributed by atoms with Crippen molar-refractivity contribution in [3.63, 3.8) is 0 Å². The van der Waals surface area contributed by atoms with Crippen LogP contribution >= 0.6 is 11.3 Å². The van der Waals surface area contributed by atoms with Gasteiger partial charge in [-0.05, 0) is 18.4 Å². The lowest BCUT2D eigenvalue weighted by Gasteiger charge is -2.21. The van der Waals surface area contributed by atoms with Crippen LogP contribution in [0.1, 0.15) is 22.3 Å². The van der Waals surface area contributed by atoms with Crippen molar-refractivity contribution >= 4 is 17.2 Å². The standard InChI is InChI=1S/C17H16N2O3S/c1-17(21,15-8-5-9-23-15)11-18-16(20)13-10-14(22-19-13)12-6-3-2-4-7-12/h2-10,21H,11H2,1H3,(H,18,20). The molecule has 6 heteroatoms. The monoisotopic (exact) mass is 328 g/mol. The van der Waals surface area contributed by atoms with Crippen molar-refractivity contribution in [1.29, 1.82) is 0 Å². The Morgan fingerprint density at radius 2 is 2.09 bits per heavy atom. The molecule has 2 N–H and O–H groups in total. The molecule has 3 rings (SSSR count). The van der Waals surface area contributed by atoms with E-state index in [2.05, 4.69) is 10.5 Å². The molecule has 5 nitrogen and oxygen atoms in total. The summed E-state index contributed by atoms with van der Waals surface area (Å²) in [5.74, 6) is 0.147. The van der Waals surface area contributed by atoms with Crippen LogP contribution in [0.15, 0.2) is 58.4 Å². The smallest absolute Gasteiger partial charge is 0.273 e. The summed E-state index contributed by atoms with van der Waals surface area (Å²) in [6.45, 7) is 1.76. The Labute approximate surface area is 137 Å². The van der Waals surface area contributed by atoms with Crippen molar-refractivity contribution in [2.45, 2.75) is 12.5 Å². The fourth-order valence-corrected chi connectivity index (χ4v) is 2.92. The number of thiophene rings is 1. The molecule has 2 aromatic heterocycles. The first-order valence-corrected chi connectivity index (χ1v) is 8.01. The van der Waals surface area contributed by atoms with E-state index in [0.29, 0.717) is 5.76 Å². The Morgan fingerprint density at radius 1 is 1.30 bits per heavy atom. The summed E-state index contributed by atoms with van der Waals surface area (Å²) in [6, 6.07) is 14.7. The number of rotatable bonds is 5. The topological polar surface area (TPSA) is 75.4 Å². The molecule has 3 aromatic rings. The van der Waals surface area contributed by atoms with Crippen LogP contribution in [0.4, 0.5) is 0 Å². The highest BCUT2D eigenvalue weighted by molar-refractivity contribution is 7.10. The van der Waals surface area contributed by atoms with Crippen LogP contribution in [0.3, 0.4) is 0 Å². The number of benzene rings is 1. The van der Waals surface area contributed by atoms with Gasteiger partial charge in [-0.1, -0.05) is 41.6 Å². The second-order valence-corrected chi connectivity index (χ2v) is 6.32. The van der Waals surface area contributed by atoms with Gasteiger partial charge in [-0.2, -0.15) is 0 Å². The van der Waals surface area contributed by atoms with Crippen LogP contribution in [0, 0.1) is 0 Å². The number of hydrogen-bond acceptors (Lipinski definition) is 5. The first kappa shape index (κ1) is 15.5. The molecule has 1 aromatic carbocycles.